The molecule has 1 unspecified atom stereocenters. The lowest BCUT2D eigenvalue weighted by Crippen LogP contribution is -2.43. The van der Waals surface area contributed by atoms with E-state index in [2.05, 4.69) is 53.6 Å². The zero-order chi connectivity index (χ0) is 18.9. The van der Waals surface area contributed by atoms with Crippen LogP contribution in [0.15, 0.2) is 17.6 Å². The van der Waals surface area contributed by atoms with E-state index in [0.29, 0.717) is 0 Å². The van der Waals surface area contributed by atoms with E-state index in [9.17, 15) is 0 Å². The van der Waals surface area contributed by atoms with Gasteiger partial charge in [-0.2, -0.15) is 5.10 Å². The van der Waals surface area contributed by atoms with Gasteiger partial charge in [0.2, 0.25) is 0 Å². The second-order valence-corrected chi connectivity index (χ2v) is 6.69. The molecule has 0 amide bonds. The molecule has 2 N–H and O–H groups in total. The predicted octanol–water partition coefficient (Wildman–Crippen LogP) is 2.21. The van der Waals surface area contributed by atoms with Crippen molar-refractivity contribution in [1.29, 1.82) is 0 Å². The van der Waals surface area contributed by atoms with E-state index in [-0.39, 0.29) is 30.0 Å². The number of unbranched alkanes of at least 4 members (excludes halogenated alkanes) is 1. The van der Waals surface area contributed by atoms with Crippen LogP contribution in [0.2, 0.25) is 0 Å². The monoisotopic (exact) mass is 488 g/mol. The average molecular weight is 488 g/mol. The molecule has 1 atom stereocenters. The molecule has 0 aromatic carbocycles. The average Bonchev–Trinajstić information content (AvgIpc) is 3.19. The lowest BCUT2D eigenvalue weighted by atomic mass is 10.1. The van der Waals surface area contributed by atoms with Crippen LogP contribution in [0.3, 0.4) is 0 Å². The first kappa shape index (κ1) is 23.4. The van der Waals surface area contributed by atoms with E-state index in [1.165, 1.54) is 11.3 Å². The van der Waals surface area contributed by atoms with Crippen LogP contribution in [-0.4, -0.2) is 49.6 Å². The second kappa shape index (κ2) is 11.9. The zero-order valence-electron chi connectivity index (χ0n) is 17.1. The molecular formula is C18H33IN8. The van der Waals surface area contributed by atoms with Crippen molar-refractivity contribution in [3.05, 3.63) is 29.6 Å². The molecule has 0 aliphatic rings. The third kappa shape index (κ3) is 7.47. The Kier molecular flexibility index (Phi) is 10.3. The molecular weight excluding hydrogens is 455 g/mol. The number of nitrogens with zero attached hydrogens (tertiary/aromatic N) is 6. The largest absolute Gasteiger partial charge is 0.357 e. The van der Waals surface area contributed by atoms with Gasteiger partial charge in [-0.1, -0.05) is 0 Å². The van der Waals surface area contributed by atoms with Crippen LogP contribution in [0.5, 0.6) is 0 Å². The van der Waals surface area contributed by atoms with Crippen LogP contribution in [-0.2, 0) is 20.0 Å². The number of aliphatic imine (C=N–C) groups is 1. The fourth-order valence-electron chi connectivity index (χ4n) is 2.96. The molecule has 27 heavy (non-hydrogen) atoms. The standard InChI is InChI=1S/C18H32N8.HI/c1-6-19-18(20-9-7-8-10-26-12-21-22-13-26)23-14(2)11-17-15(3)24-25(5)16(17)4;/h12-14H,6-11H2,1-5H3,(H2,19,20,23);1H. The van der Waals surface area contributed by atoms with Crippen molar-refractivity contribution >= 4 is 29.9 Å². The lowest BCUT2D eigenvalue weighted by Gasteiger charge is -2.18. The molecule has 0 bridgehead atoms. The summed E-state index contributed by atoms with van der Waals surface area (Å²) in [5, 5.41) is 19.0. The van der Waals surface area contributed by atoms with Crippen LogP contribution in [0, 0.1) is 13.8 Å². The maximum Gasteiger partial charge on any atom is 0.191 e. The highest BCUT2D eigenvalue weighted by molar-refractivity contribution is 14.0. The van der Waals surface area contributed by atoms with E-state index in [1.54, 1.807) is 12.7 Å². The second-order valence-electron chi connectivity index (χ2n) is 6.69. The third-order valence-electron chi connectivity index (χ3n) is 4.46. The summed E-state index contributed by atoms with van der Waals surface area (Å²) in [6.45, 7) is 11.1. The van der Waals surface area contributed by atoms with E-state index in [4.69, 9.17) is 4.99 Å². The Labute approximate surface area is 179 Å². The molecule has 8 nitrogen and oxygen atoms in total. The summed E-state index contributed by atoms with van der Waals surface area (Å²) in [6.07, 6.45) is 6.52. The minimum absolute atomic E-state index is 0. The molecule has 2 heterocycles. The summed E-state index contributed by atoms with van der Waals surface area (Å²) < 4.78 is 3.94. The van der Waals surface area contributed by atoms with Gasteiger partial charge in [0.15, 0.2) is 5.96 Å². The number of rotatable bonds is 9. The van der Waals surface area contributed by atoms with Crippen molar-refractivity contribution in [1.82, 2.24) is 35.2 Å². The fraction of sp³-hybridized carbons (Fsp3) is 0.667. The topological polar surface area (TPSA) is 84.9 Å². The molecule has 0 aliphatic heterocycles. The summed E-state index contributed by atoms with van der Waals surface area (Å²) in [6, 6.07) is 0.284. The highest BCUT2D eigenvalue weighted by atomic mass is 127. The lowest BCUT2D eigenvalue weighted by molar-refractivity contribution is 0.606. The number of nitrogens with one attached hydrogen (secondary N) is 2. The van der Waals surface area contributed by atoms with Crippen molar-refractivity contribution in [3.63, 3.8) is 0 Å². The van der Waals surface area contributed by atoms with E-state index >= 15 is 0 Å². The van der Waals surface area contributed by atoms with Gasteiger partial charge in [0.05, 0.1) is 5.69 Å². The van der Waals surface area contributed by atoms with Gasteiger partial charge in [-0.25, -0.2) is 0 Å². The van der Waals surface area contributed by atoms with Crippen molar-refractivity contribution < 1.29 is 0 Å². The van der Waals surface area contributed by atoms with Gasteiger partial charge >= 0.3 is 0 Å². The first-order valence-corrected chi connectivity index (χ1v) is 9.37. The minimum Gasteiger partial charge on any atom is -0.357 e. The molecule has 0 radical (unpaired) electrons. The predicted molar refractivity (Wildman–Crippen MR) is 120 cm³/mol. The Bertz CT molecular complexity index is 693. The molecule has 152 valence electrons. The van der Waals surface area contributed by atoms with Gasteiger partial charge in [-0.15, -0.1) is 34.2 Å². The van der Waals surface area contributed by atoms with Gasteiger partial charge in [-0.3, -0.25) is 9.67 Å². The highest BCUT2D eigenvalue weighted by Gasteiger charge is 2.13. The summed E-state index contributed by atoms with van der Waals surface area (Å²) in [5.41, 5.74) is 3.65. The maximum atomic E-state index is 4.70. The molecule has 0 saturated carbocycles. The summed E-state index contributed by atoms with van der Waals surface area (Å²) >= 11 is 0. The van der Waals surface area contributed by atoms with E-state index in [1.807, 2.05) is 16.3 Å². The minimum atomic E-state index is 0. The number of hydrogen-bond donors (Lipinski definition) is 2. The summed E-state index contributed by atoms with van der Waals surface area (Å²) in [5.74, 6) is 0.878. The Balaban J connectivity index is 0.00000364. The van der Waals surface area contributed by atoms with Crippen LogP contribution < -0.4 is 10.6 Å². The molecule has 2 aromatic heterocycles. The Hall–Kier alpha value is -1.65. The molecule has 0 saturated heterocycles. The summed E-state index contributed by atoms with van der Waals surface area (Å²) in [4.78, 5) is 4.70. The van der Waals surface area contributed by atoms with Gasteiger partial charge in [0.1, 0.15) is 12.7 Å². The normalized spacial score (nSPS) is 12.6. The van der Waals surface area contributed by atoms with Gasteiger partial charge in [0, 0.05) is 38.4 Å². The van der Waals surface area contributed by atoms with Crippen molar-refractivity contribution in [3.8, 4) is 0 Å². The fourth-order valence-corrected chi connectivity index (χ4v) is 2.96. The number of guanidine groups is 1. The molecule has 2 rings (SSSR count). The van der Waals surface area contributed by atoms with Crippen molar-refractivity contribution in [2.45, 2.75) is 59.5 Å². The molecule has 9 heteroatoms. The van der Waals surface area contributed by atoms with Crippen LogP contribution in [0.25, 0.3) is 0 Å². The molecule has 0 spiro atoms. The number of halogens is 1. The van der Waals surface area contributed by atoms with E-state index in [0.717, 1.165) is 50.6 Å². The third-order valence-corrected chi connectivity index (χ3v) is 4.46. The van der Waals surface area contributed by atoms with Gasteiger partial charge in [0.25, 0.3) is 0 Å². The first-order chi connectivity index (χ1) is 12.5. The molecule has 2 aromatic rings. The zero-order valence-corrected chi connectivity index (χ0v) is 19.4. The molecule has 0 aliphatic carbocycles. The van der Waals surface area contributed by atoms with Gasteiger partial charge < -0.3 is 15.2 Å². The Morgan fingerprint density at radius 2 is 1.93 bits per heavy atom. The van der Waals surface area contributed by atoms with Crippen molar-refractivity contribution in [2.75, 3.05) is 13.1 Å². The Morgan fingerprint density at radius 3 is 2.52 bits per heavy atom. The van der Waals surface area contributed by atoms with Crippen LogP contribution >= 0.6 is 24.0 Å². The van der Waals surface area contributed by atoms with Crippen LogP contribution in [0.4, 0.5) is 0 Å². The smallest absolute Gasteiger partial charge is 0.191 e. The highest BCUT2D eigenvalue weighted by Crippen LogP contribution is 2.14. The summed E-state index contributed by atoms with van der Waals surface area (Å²) in [7, 11) is 2.00. The maximum absolute atomic E-state index is 4.70. The van der Waals surface area contributed by atoms with E-state index < -0.39 is 0 Å². The van der Waals surface area contributed by atoms with Crippen molar-refractivity contribution in [2.24, 2.45) is 12.0 Å². The first-order valence-electron chi connectivity index (χ1n) is 9.37. The van der Waals surface area contributed by atoms with Crippen LogP contribution in [0.1, 0.15) is 43.6 Å². The Morgan fingerprint density at radius 1 is 1.22 bits per heavy atom. The van der Waals surface area contributed by atoms with Gasteiger partial charge in [-0.05, 0) is 52.5 Å². The SMILES string of the molecule is CCNC(=NCCCCn1cnnc1)NC(C)Cc1c(C)nn(C)c1C.I. The number of aryl methyl sites for hydroxylation is 3. The quantitative estimate of drug-likeness (QED) is 0.245. The number of aromatic nitrogens is 5. The number of hydrogen-bond acceptors (Lipinski definition) is 4. The molecule has 0 fully saturated rings.